The monoisotopic (exact) mass is 238 g/mol. The van der Waals surface area contributed by atoms with E-state index in [-0.39, 0.29) is 5.97 Å². The second kappa shape index (κ2) is 7.68. The molecule has 1 unspecified atom stereocenters. The molecule has 17 heavy (non-hydrogen) atoms. The van der Waals surface area contributed by atoms with Gasteiger partial charge in [-0.2, -0.15) is 0 Å². The van der Waals surface area contributed by atoms with Gasteiger partial charge in [-0.1, -0.05) is 12.2 Å². The third-order valence-corrected chi connectivity index (χ3v) is 2.39. The van der Waals surface area contributed by atoms with Crippen molar-refractivity contribution in [2.24, 2.45) is 0 Å². The molecule has 0 aliphatic heterocycles. The van der Waals surface area contributed by atoms with Gasteiger partial charge in [0.1, 0.15) is 11.9 Å². The minimum Gasteiger partial charge on any atom is -0.469 e. The van der Waals surface area contributed by atoms with Gasteiger partial charge < -0.3 is 14.3 Å². The van der Waals surface area contributed by atoms with E-state index in [4.69, 9.17) is 4.42 Å². The Morgan fingerprint density at radius 3 is 2.94 bits per heavy atom. The van der Waals surface area contributed by atoms with Gasteiger partial charge in [-0.3, -0.25) is 4.79 Å². The fourth-order valence-electron chi connectivity index (χ4n) is 1.42. The highest BCUT2D eigenvalue weighted by atomic mass is 16.5. The summed E-state index contributed by atoms with van der Waals surface area (Å²) in [6.45, 7) is 0. The van der Waals surface area contributed by atoms with Gasteiger partial charge in [-0.15, -0.1) is 0 Å². The predicted octanol–water partition coefficient (Wildman–Crippen LogP) is 2.60. The number of carbonyl (C=O) groups excluding carboxylic acids is 1. The topological polar surface area (TPSA) is 59.7 Å². The molecule has 1 aromatic rings. The molecule has 1 heterocycles. The maximum atomic E-state index is 10.8. The molecule has 0 aromatic carbocycles. The molecule has 0 saturated heterocycles. The zero-order valence-electron chi connectivity index (χ0n) is 9.96. The number of allylic oxidation sites excluding steroid dienone is 2. The van der Waals surface area contributed by atoms with Gasteiger partial charge in [-0.25, -0.2) is 0 Å². The molecule has 1 rings (SSSR count). The SMILES string of the molecule is COC(=O)CC/C=C\CCC(O)c1ccco1. The summed E-state index contributed by atoms with van der Waals surface area (Å²) in [6, 6.07) is 3.51. The fourth-order valence-corrected chi connectivity index (χ4v) is 1.42. The van der Waals surface area contributed by atoms with Crippen molar-refractivity contribution >= 4 is 5.97 Å². The van der Waals surface area contributed by atoms with Crippen molar-refractivity contribution in [1.29, 1.82) is 0 Å². The Bertz CT molecular complexity index is 340. The maximum Gasteiger partial charge on any atom is 0.305 e. The van der Waals surface area contributed by atoms with E-state index in [1.165, 1.54) is 7.11 Å². The number of furan rings is 1. The summed E-state index contributed by atoms with van der Waals surface area (Å²) in [6.07, 6.45) is 7.30. The smallest absolute Gasteiger partial charge is 0.305 e. The van der Waals surface area contributed by atoms with E-state index in [0.29, 0.717) is 25.0 Å². The van der Waals surface area contributed by atoms with Crippen molar-refractivity contribution in [1.82, 2.24) is 0 Å². The summed E-state index contributed by atoms with van der Waals surface area (Å²) in [5.41, 5.74) is 0. The van der Waals surface area contributed by atoms with Gasteiger partial charge in [0.05, 0.1) is 13.4 Å². The summed E-state index contributed by atoms with van der Waals surface area (Å²) < 4.78 is 9.60. The van der Waals surface area contributed by atoms with Crippen LogP contribution in [0.1, 0.15) is 37.5 Å². The van der Waals surface area contributed by atoms with Gasteiger partial charge in [0.25, 0.3) is 0 Å². The van der Waals surface area contributed by atoms with E-state index in [1.807, 2.05) is 12.2 Å². The molecule has 0 amide bonds. The first-order valence-corrected chi connectivity index (χ1v) is 5.67. The molecule has 0 spiro atoms. The zero-order chi connectivity index (χ0) is 12.5. The van der Waals surface area contributed by atoms with Crippen LogP contribution in [0.4, 0.5) is 0 Å². The summed E-state index contributed by atoms with van der Waals surface area (Å²) in [5, 5.41) is 9.69. The first kappa shape index (κ1) is 13.5. The Kier molecular flexibility index (Phi) is 6.10. The number of esters is 1. The lowest BCUT2D eigenvalue weighted by Gasteiger charge is -2.04. The Balaban J connectivity index is 2.11. The summed E-state index contributed by atoms with van der Waals surface area (Å²) in [7, 11) is 1.38. The number of methoxy groups -OCH3 is 1. The number of carbonyl (C=O) groups is 1. The Labute approximate surface area is 101 Å². The lowest BCUT2D eigenvalue weighted by atomic mass is 10.1. The molecule has 0 aliphatic rings. The standard InChI is InChI=1S/C13H18O4/c1-16-13(15)9-5-3-2-4-7-11(14)12-8-6-10-17-12/h2-3,6,8,10-11,14H,4-5,7,9H2,1H3/b3-2-. The number of ether oxygens (including phenoxy) is 1. The lowest BCUT2D eigenvalue weighted by Crippen LogP contribution is -1.98. The van der Waals surface area contributed by atoms with Crippen LogP contribution in [0.3, 0.4) is 0 Å². The molecular weight excluding hydrogens is 220 g/mol. The molecule has 4 nitrogen and oxygen atoms in total. The molecule has 4 heteroatoms. The minimum absolute atomic E-state index is 0.203. The van der Waals surface area contributed by atoms with Crippen molar-refractivity contribution in [3.05, 3.63) is 36.3 Å². The van der Waals surface area contributed by atoms with Crippen LogP contribution in [-0.2, 0) is 9.53 Å². The highest BCUT2D eigenvalue weighted by molar-refractivity contribution is 5.69. The zero-order valence-corrected chi connectivity index (χ0v) is 9.96. The molecule has 1 atom stereocenters. The summed E-state index contributed by atoms with van der Waals surface area (Å²) in [5.74, 6) is 0.387. The number of hydrogen-bond acceptors (Lipinski definition) is 4. The Morgan fingerprint density at radius 2 is 2.29 bits per heavy atom. The van der Waals surface area contributed by atoms with E-state index < -0.39 is 6.10 Å². The van der Waals surface area contributed by atoms with Crippen molar-refractivity contribution in [3.63, 3.8) is 0 Å². The van der Waals surface area contributed by atoms with Crippen LogP contribution < -0.4 is 0 Å². The van der Waals surface area contributed by atoms with Gasteiger partial charge >= 0.3 is 5.97 Å². The van der Waals surface area contributed by atoms with Crippen molar-refractivity contribution in [2.75, 3.05) is 7.11 Å². The van der Waals surface area contributed by atoms with Crippen molar-refractivity contribution in [2.45, 2.75) is 31.8 Å². The summed E-state index contributed by atoms with van der Waals surface area (Å²) in [4.78, 5) is 10.8. The van der Waals surface area contributed by atoms with Crippen LogP contribution in [0, 0.1) is 0 Å². The van der Waals surface area contributed by atoms with E-state index in [0.717, 1.165) is 6.42 Å². The van der Waals surface area contributed by atoms with Gasteiger partial charge in [0.15, 0.2) is 0 Å². The molecular formula is C13H18O4. The molecule has 0 bridgehead atoms. The predicted molar refractivity (Wildman–Crippen MR) is 63.3 cm³/mol. The third kappa shape index (κ3) is 5.36. The van der Waals surface area contributed by atoms with Gasteiger partial charge in [0, 0.05) is 6.42 Å². The fraction of sp³-hybridized carbons (Fsp3) is 0.462. The molecule has 0 saturated carbocycles. The van der Waals surface area contributed by atoms with E-state index >= 15 is 0 Å². The van der Waals surface area contributed by atoms with Crippen LogP contribution in [0.25, 0.3) is 0 Å². The Morgan fingerprint density at radius 1 is 1.53 bits per heavy atom. The van der Waals surface area contributed by atoms with Crippen LogP contribution in [0.5, 0.6) is 0 Å². The summed E-state index contributed by atoms with van der Waals surface area (Å²) >= 11 is 0. The van der Waals surface area contributed by atoms with Crippen LogP contribution in [0.2, 0.25) is 0 Å². The quantitative estimate of drug-likeness (QED) is 0.586. The van der Waals surface area contributed by atoms with Gasteiger partial charge in [-0.05, 0) is 31.4 Å². The molecule has 94 valence electrons. The van der Waals surface area contributed by atoms with Crippen LogP contribution in [0.15, 0.2) is 35.0 Å². The highest BCUT2D eigenvalue weighted by Crippen LogP contribution is 2.18. The minimum atomic E-state index is -0.560. The maximum absolute atomic E-state index is 10.8. The third-order valence-electron chi connectivity index (χ3n) is 2.39. The first-order valence-electron chi connectivity index (χ1n) is 5.67. The molecule has 0 fully saturated rings. The second-order valence-corrected chi connectivity index (χ2v) is 3.69. The molecule has 1 aromatic heterocycles. The number of aliphatic hydroxyl groups excluding tert-OH is 1. The number of aliphatic hydroxyl groups is 1. The van der Waals surface area contributed by atoms with Crippen LogP contribution >= 0.6 is 0 Å². The lowest BCUT2D eigenvalue weighted by molar-refractivity contribution is -0.140. The average molecular weight is 238 g/mol. The first-order chi connectivity index (χ1) is 8.24. The number of hydrogen-bond donors (Lipinski definition) is 1. The van der Waals surface area contributed by atoms with Crippen molar-refractivity contribution in [3.8, 4) is 0 Å². The molecule has 1 N–H and O–H groups in total. The van der Waals surface area contributed by atoms with E-state index in [9.17, 15) is 9.90 Å². The van der Waals surface area contributed by atoms with Gasteiger partial charge in [0.2, 0.25) is 0 Å². The molecule has 0 radical (unpaired) electrons. The number of rotatable bonds is 7. The second-order valence-electron chi connectivity index (χ2n) is 3.69. The largest absolute Gasteiger partial charge is 0.469 e. The molecule has 0 aliphatic carbocycles. The average Bonchev–Trinajstić information content (AvgIpc) is 2.86. The normalized spacial score (nSPS) is 12.8. The highest BCUT2D eigenvalue weighted by Gasteiger charge is 2.08. The van der Waals surface area contributed by atoms with E-state index in [1.54, 1.807) is 18.4 Å². The van der Waals surface area contributed by atoms with Crippen molar-refractivity contribution < 1.29 is 19.1 Å². The van der Waals surface area contributed by atoms with E-state index in [2.05, 4.69) is 4.74 Å². The Hall–Kier alpha value is -1.55. The van der Waals surface area contributed by atoms with Crippen LogP contribution in [-0.4, -0.2) is 18.2 Å².